The molecule has 0 aliphatic heterocycles. The molecule has 0 unspecified atom stereocenters. The molecule has 1 aromatic carbocycles. The van der Waals surface area contributed by atoms with Gasteiger partial charge in [0.05, 0.1) is 0 Å². The second-order valence-electron chi connectivity index (χ2n) is 4.67. The van der Waals surface area contributed by atoms with E-state index in [4.69, 9.17) is 0 Å². The number of nitrogens with one attached hydrogen (secondary N) is 1. The number of hydrogen-bond donors (Lipinski definition) is 1. The van der Waals surface area contributed by atoms with Crippen molar-refractivity contribution in [3.8, 4) is 0 Å². The Morgan fingerprint density at radius 2 is 2.10 bits per heavy atom. The molecule has 0 fully saturated rings. The van der Waals surface area contributed by atoms with Crippen molar-refractivity contribution in [3.05, 3.63) is 58.1 Å². The summed E-state index contributed by atoms with van der Waals surface area (Å²) in [5.74, 6) is -0.937. The van der Waals surface area contributed by atoms with E-state index in [-0.39, 0.29) is 29.5 Å². The lowest BCUT2D eigenvalue weighted by molar-refractivity contribution is 0.574. The fourth-order valence-corrected chi connectivity index (χ4v) is 1.81. The van der Waals surface area contributed by atoms with Crippen LogP contribution in [0, 0.1) is 11.6 Å². The summed E-state index contributed by atoms with van der Waals surface area (Å²) in [6.07, 6.45) is 3.08. The smallest absolute Gasteiger partial charge is 0.293 e. The minimum atomic E-state index is -0.529. The van der Waals surface area contributed by atoms with Gasteiger partial charge in [0.1, 0.15) is 11.6 Å². The van der Waals surface area contributed by atoms with Gasteiger partial charge < -0.3 is 9.88 Å². The fourth-order valence-electron chi connectivity index (χ4n) is 1.81. The third-order valence-corrected chi connectivity index (χ3v) is 2.88. The number of halogens is 2. The Labute approximate surface area is 115 Å². The molecule has 1 N–H and O–H groups in total. The number of benzene rings is 1. The van der Waals surface area contributed by atoms with Crippen LogP contribution < -0.4 is 10.9 Å². The predicted molar refractivity (Wildman–Crippen MR) is 72.6 cm³/mol. The third-order valence-electron chi connectivity index (χ3n) is 2.88. The average Bonchev–Trinajstić information content (AvgIpc) is 2.41. The van der Waals surface area contributed by atoms with Crippen LogP contribution in [0.2, 0.25) is 0 Å². The Morgan fingerprint density at radius 3 is 2.80 bits per heavy atom. The summed E-state index contributed by atoms with van der Waals surface area (Å²) in [7, 11) is 0. The Kier molecular flexibility index (Phi) is 4.12. The van der Waals surface area contributed by atoms with Crippen LogP contribution in [-0.2, 0) is 6.54 Å². The lowest BCUT2D eigenvalue weighted by atomic mass is 10.2. The third kappa shape index (κ3) is 3.01. The van der Waals surface area contributed by atoms with E-state index in [1.807, 2.05) is 13.8 Å². The van der Waals surface area contributed by atoms with Gasteiger partial charge in [0.15, 0.2) is 5.82 Å². The first kappa shape index (κ1) is 14.2. The van der Waals surface area contributed by atoms with Crippen molar-refractivity contribution in [2.24, 2.45) is 0 Å². The topological polar surface area (TPSA) is 46.9 Å². The van der Waals surface area contributed by atoms with Crippen LogP contribution >= 0.6 is 0 Å². The van der Waals surface area contributed by atoms with Crippen LogP contribution in [0.5, 0.6) is 0 Å². The van der Waals surface area contributed by atoms with Crippen molar-refractivity contribution in [1.29, 1.82) is 0 Å². The van der Waals surface area contributed by atoms with Crippen molar-refractivity contribution in [3.63, 3.8) is 0 Å². The van der Waals surface area contributed by atoms with Crippen molar-refractivity contribution in [2.45, 2.75) is 26.4 Å². The summed E-state index contributed by atoms with van der Waals surface area (Å²) in [6, 6.07) is 3.19. The maximum atomic E-state index is 13.5. The normalized spacial score (nSPS) is 10.8. The van der Waals surface area contributed by atoms with Crippen LogP contribution in [0.1, 0.15) is 25.5 Å². The molecule has 1 aromatic heterocycles. The summed E-state index contributed by atoms with van der Waals surface area (Å²) >= 11 is 0. The number of rotatable bonds is 4. The monoisotopic (exact) mass is 279 g/mol. The van der Waals surface area contributed by atoms with Crippen molar-refractivity contribution < 1.29 is 8.78 Å². The van der Waals surface area contributed by atoms with E-state index in [0.29, 0.717) is 0 Å². The number of aromatic nitrogens is 2. The van der Waals surface area contributed by atoms with Crippen LogP contribution in [0.15, 0.2) is 35.4 Å². The summed E-state index contributed by atoms with van der Waals surface area (Å²) < 4.78 is 28.0. The maximum Gasteiger partial charge on any atom is 0.293 e. The molecule has 0 saturated carbocycles. The van der Waals surface area contributed by atoms with Gasteiger partial charge in [-0.3, -0.25) is 4.79 Å². The molecule has 6 heteroatoms. The molecule has 0 aliphatic carbocycles. The molecule has 1 heterocycles. The van der Waals surface area contributed by atoms with Gasteiger partial charge in [-0.2, -0.15) is 0 Å². The first-order chi connectivity index (χ1) is 9.49. The molecular weight excluding hydrogens is 264 g/mol. The van der Waals surface area contributed by atoms with Gasteiger partial charge >= 0.3 is 0 Å². The molecule has 106 valence electrons. The highest BCUT2D eigenvalue weighted by Gasteiger charge is 2.09. The molecule has 4 nitrogen and oxygen atoms in total. The van der Waals surface area contributed by atoms with E-state index < -0.39 is 11.6 Å². The van der Waals surface area contributed by atoms with Gasteiger partial charge in [0.25, 0.3) is 5.56 Å². The fraction of sp³-hybridized carbons (Fsp3) is 0.286. The van der Waals surface area contributed by atoms with Crippen LogP contribution in [0.4, 0.5) is 14.6 Å². The van der Waals surface area contributed by atoms with E-state index >= 15 is 0 Å². The first-order valence-corrected chi connectivity index (χ1v) is 6.24. The summed E-state index contributed by atoms with van der Waals surface area (Å²) in [4.78, 5) is 16.0. The summed E-state index contributed by atoms with van der Waals surface area (Å²) in [5.41, 5.74) is -0.148. The number of hydrogen-bond acceptors (Lipinski definition) is 3. The molecule has 0 saturated heterocycles. The van der Waals surface area contributed by atoms with E-state index in [9.17, 15) is 13.6 Å². The zero-order chi connectivity index (χ0) is 14.7. The van der Waals surface area contributed by atoms with Crippen LogP contribution in [0.3, 0.4) is 0 Å². The van der Waals surface area contributed by atoms with Gasteiger partial charge in [-0.05, 0) is 32.0 Å². The quantitative estimate of drug-likeness (QED) is 0.936. The molecular formula is C14H15F2N3O. The highest BCUT2D eigenvalue weighted by atomic mass is 19.1. The highest BCUT2D eigenvalue weighted by Crippen LogP contribution is 2.11. The van der Waals surface area contributed by atoms with E-state index in [2.05, 4.69) is 10.3 Å². The minimum absolute atomic E-state index is 0.00282. The zero-order valence-corrected chi connectivity index (χ0v) is 11.2. The zero-order valence-electron chi connectivity index (χ0n) is 11.2. The van der Waals surface area contributed by atoms with Gasteiger partial charge in [-0.1, -0.05) is 0 Å². The van der Waals surface area contributed by atoms with Crippen molar-refractivity contribution in [1.82, 2.24) is 9.55 Å². The first-order valence-electron chi connectivity index (χ1n) is 6.24. The summed E-state index contributed by atoms with van der Waals surface area (Å²) in [5, 5.41) is 2.74. The lowest BCUT2D eigenvalue weighted by Crippen LogP contribution is -2.25. The molecule has 2 rings (SSSR count). The predicted octanol–water partition coefficient (Wildman–Crippen LogP) is 2.71. The lowest BCUT2D eigenvalue weighted by Gasteiger charge is -2.12. The van der Waals surface area contributed by atoms with Gasteiger partial charge in [-0.15, -0.1) is 0 Å². The molecule has 0 radical (unpaired) electrons. The van der Waals surface area contributed by atoms with E-state index in [0.717, 1.165) is 18.2 Å². The second-order valence-corrected chi connectivity index (χ2v) is 4.67. The second kappa shape index (κ2) is 5.81. The van der Waals surface area contributed by atoms with Gasteiger partial charge in [0.2, 0.25) is 0 Å². The average molecular weight is 279 g/mol. The number of anilines is 1. The highest BCUT2D eigenvalue weighted by molar-refractivity contribution is 5.33. The van der Waals surface area contributed by atoms with E-state index in [1.54, 1.807) is 6.20 Å². The molecule has 0 aliphatic rings. The Hall–Kier alpha value is -2.24. The molecule has 0 bridgehead atoms. The largest absolute Gasteiger partial charge is 0.361 e. The Bertz CT molecular complexity index is 668. The Balaban J connectivity index is 2.21. The molecule has 0 amide bonds. The van der Waals surface area contributed by atoms with Crippen LogP contribution in [-0.4, -0.2) is 9.55 Å². The van der Waals surface area contributed by atoms with E-state index in [1.165, 1.54) is 10.8 Å². The molecule has 2 aromatic rings. The SMILES string of the molecule is CC(C)n1ccnc(NCc2cc(F)ccc2F)c1=O. The van der Waals surface area contributed by atoms with Crippen molar-refractivity contribution in [2.75, 3.05) is 5.32 Å². The molecule has 0 atom stereocenters. The maximum absolute atomic E-state index is 13.5. The Morgan fingerprint density at radius 1 is 1.35 bits per heavy atom. The standard InChI is InChI=1S/C14H15F2N3O/c1-9(2)19-6-5-17-13(14(19)20)18-8-10-7-11(15)3-4-12(10)16/h3-7,9H,8H2,1-2H3,(H,17,18). The number of nitrogens with zero attached hydrogens (tertiary/aromatic N) is 2. The summed E-state index contributed by atoms with van der Waals surface area (Å²) in [6.45, 7) is 3.74. The molecule has 20 heavy (non-hydrogen) atoms. The van der Waals surface area contributed by atoms with Crippen molar-refractivity contribution >= 4 is 5.82 Å². The van der Waals surface area contributed by atoms with Gasteiger partial charge in [0, 0.05) is 30.5 Å². The minimum Gasteiger partial charge on any atom is -0.361 e. The van der Waals surface area contributed by atoms with Gasteiger partial charge in [-0.25, -0.2) is 13.8 Å². The molecule has 0 spiro atoms. The van der Waals surface area contributed by atoms with Crippen LogP contribution in [0.25, 0.3) is 0 Å².